The highest BCUT2D eigenvalue weighted by Crippen LogP contribution is 2.32. The normalized spacial score (nSPS) is 13.5. The maximum absolute atomic E-state index is 12.6. The number of nitrogens with one attached hydrogen (secondary N) is 1. The van der Waals surface area contributed by atoms with Crippen molar-refractivity contribution >= 4 is 23.0 Å². The average Bonchev–Trinajstić information content (AvgIpc) is 3.32. The van der Waals surface area contributed by atoms with Crippen LogP contribution < -0.4 is 5.43 Å². The van der Waals surface area contributed by atoms with Gasteiger partial charge < -0.3 is 4.57 Å². The van der Waals surface area contributed by atoms with Crippen LogP contribution in [0.4, 0.5) is 0 Å². The Bertz CT molecular complexity index is 1330. The molecule has 2 heterocycles. The van der Waals surface area contributed by atoms with E-state index in [1.807, 2.05) is 48.9 Å². The van der Waals surface area contributed by atoms with Crippen molar-refractivity contribution < 1.29 is 4.79 Å². The van der Waals surface area contributed by atoms with Crippen LogP contribution in [0, 0.1) is 13.8 Å². The van der Waals surface area contributed by atoms with Crippen LogP contribution in [0.5, 0.6) is 0 Å². The van der Waals surface area contributed by atoms with Gasteiger partial charge in [0.15, 0.2) is 0 Å². The van der Waals surface area contributed by atoms with E-state index in [-0.39, 0.29) is 5.91 Å². The summed E-state index contributed by atoms with van der Waals surface area (Å²) in [6.07, 6.45) is 6.78. The molecule has 0 bridgehead atoms. The fourth-order valence-corrected chi connectivity index (χ4v) is 4.94. The van der Waals surface area contributed by atoms with Crippen LogP contribution in [0.15, 0.2) is 59.7 Å². The second-order valence-electron chi connectivity index (χ2n) is 8.68. The SMILES string of the molecule is Cc1nn(-c2ccccc2)c(C)c1/C=N/NC(=O)CCn1c2c(c3ccccc31)CCCC2. The number of fused-ring (bicyclic) bond motifs is 3. The minimum Gasteiger partial charge on any atom is -0.344 e. The Morgan fingerprint density at radius 1 is 1.06 bits per heavy atom. The van der Waals surface area contributed by atoms with Crippen LogP contribution in [0.3, 0.4) is 0 Å². The number of hydrazone groups is 1. The molecule has 1 amide bonds. The summed E-state index contributed by atoms with van der Waals surface area (Å²) in [6, 6.07) is 18.6. The van der Waals surface area contributed by atoms with Crippen molar-refractivity contribution in [2.45, 2.75) is 52.5 Å². The lowest BCUT2D eigenvalue weighted by Crippen LogP contribution is -2.20. The molecule has 33 heavy (non-hydrogen) atoms. The van der Waals surface area contributed by atoms with E-state index in [0.29, 0.717) is 13.0 Å². The molecule has 2 aromatic carbocycles. The van der Waals surface area contributed by atoms with Gasteiger partial charge in [0.2, 0.25) is 5.91 Å². The van der Waals surface area contributed by atoms with Gasteiger partial charge in [-0.15, -0.1) is 0 Å². The average molecular weight is 440 g/mol. The van der Waals surface area contributed by atoms with Crippen molar-refractivity contribution in [1.82, 2.24) is 19.8 Å². The van der Waals surface area contributed by atoms with E-state index < -0.39 is 0 Å². The third kappa shape index (κ3) is 4.09. The first-order valence-electron chi connectivity index (χ1n) is 11.7. The van der Waals surface area contributed by atoms with Crippen molar-refractivity contribution in [2.24, 2.45) is 5.10 Å². The summed E-state index contributed by atoms with van der Waals surface area (Å²) in [5.74, 6) is -0.0839. The molecule has 5 rings (SSSR count). The molecule has 6 heteroatoms. The molecular formula is C27H29N5O. The first kappa shape index (κ1) is 21.2. The number of para-hydroxylation sites is 2. The van der Waals surface area contributed by atoms with Crippen LogP contribution in [0.25, 0.3) is 16.6 Å². The van der Waals surface area contributed by atoms with Gasteiger partial charge in [0.25, 0.3) is 0 Å². The fraction of sp³-hybridized carbons (Fsp3) is 0.296. The number of hydrogen-bond donors (Lipinski definition) is 1. The van der Waals surface area contributed by atoms with Gasteiger partial charge in [-0.1, -0.05) is 36.4 Å². The lowest BCUT2D eigenvalue weighted by Gasteiger charge is -2.15. The van der Waals surface area contributed by atoms with Crippen molar-refractivity contribution in [3.8, 4) is 5.69 Å². The van der Waals surface area contributed by atoms with Crippen molar-refractivity contribution in [2.75, 3.05) is 0 Å². The van der Waals surface area contributed by atoms with Gasteiger partial charge in [-0.05, 0) is 63.3 Å². The standard InChI is InChI=1S/C27H29N5O/c1-19-24(20(2)32(30-19)21-10-4-3-5-11-21)18-28-29-27(33)16-17-31-25-14-8-6-12-22(25)23-13-7-9-15-26(23)31/h3-6,8,10-12,14,18H,7,9,13,15-17H2,1-2H3,(H,29,33)/b28-18+. The van der Waals surface area contributed by atoms with Crippen molar-refractivity contribution in [3.05, 3.63) is 82.8 Å². The first-order chi connectivity index (χ1) is 16.1. The van der Waals surface area contributed by atoms with E-state index in [1.54, 1.807) is 6.21 Å². The predicted molar refractivity (Wildman–Crippen MR) is 132 cm³/mol. The van der Waals surface area contributed by atoms with E-state index in [0.717, 1.165) is 35.5 Å². The molecule has 0 atom stereocenters. The molecule has 6 nitrogen and oxygen atoms in total. The van der Waals surface area contributed by atoms with Crippen LogP contribution >= 0.6 is 0 Å². The zero-order valence-corrected chi connectivity index (χ0v) is 19.2. The topological polar surface area (TPSA) is 64.2 Å². The van der Waals surface area contributed by atoms with E-state index >= 15 is 0 Å². The van der Waals surface area contributed by atoms with Gasteiger partial charge in [-0.25, -0.2) is 10.1 Å². The molecule has 0 radical (unpaired) electrons. The van der Waals surface area contributed by atoms with Crippen LogP contribution in [-0.2, 0) is 24.2 Å². The van der Waals surface area contributed by atoms with Crippen LogP contribution in [0.2, 0.25) is 0 Å². The molecule has 168 valence electrons. The van der Waals surface area contributed by atoms with E-state index in [9.17, 15) is 4.79 Å². The lowest BCUT2D eigenvalue weighted by molar-refractivity contribution is -0.121. The summed E-state index contributed by atoms with van der Waals surface area (Å²) in [4.78, 5) is 12.6. The summed E-state index contributed by atoms with van der Waals surface area (Å²) in [7, 11) is 0. The summed E-state index contributed by atoms with van der Waals surface area (Å²) in [5, 5.41) is 10.2. The number of aryl methyl sites for hydroxylation is 3. The Morgan fingerprint density at radius 3 is 2.67 bits per heavy atom. The minimum atomic E-state index is -0.0839. The monoisotopic (exact) mass is 439 g/mol. The number of rotatable bonds is 6. The third-order valence-electron chi connectivity index (χ3n) is 6.58. The molecule has 2 aromatic heterocycles. The zero-order chi connectivity index (χ0) is 22.8. The second-order valence-corrected chi connectivity index (χ2v) is 8.68. The first-order valence-corrected chi connectivity index (χ1v) is 11.7. The summed E-state index contributed by atoms with van der Waals surface area (Å²) < 4.78 is 4.24. The molecule has 0 unspecified atom stereocenters. The molecule has 0 saturated carbocycles. The van der Waals surface area contributed by atoms with Crippen LogP contribution in [-0.4, -0.2) is 26.5 Å². The van der Waals surface area contributed by atoms with E-state index in [2.05, 4.69) is 44.5 Å². The maximum atomic E-state index is 12.6. The van der Waals surface area contributed by atoms with Crippen molar-refractivity contribution in [1.29, 1.82) is 0 Å². The van der Waals surface area contributed by atoms with Crippen molar-refractivity contribution in [3.63, 3.8) is 0 Å². The number of carbonyl (C=O) groups excluding carboxylic acids is 1. The molecule has 1 aliphatic rings. The summed E-state index contributed by atoms with van der Waals surface area (Å²) >= 11 is 0. The number of aromatic nitrogens is 3. The highest BCUT2D eigenvalue weighted by atomic mass is 16.2. The predicted octanol–water partition coefficient (Wildman–Crippen LogP) is 4.86. The van der Waals surface area contributed by atoms with Gasteiger partial charge in [0.1, 0.15) is 0 Å². The largest absolute Gasteiger partial charge is 0.344 e. The molecule has 1 N–H and O–H groups in total. The number of carbonyl (C=O) groups is 1. The fourth-order valence-electron chi connectivity index (χ4n) is 4.94. The molecule has 0 spiro atoms. The molecule has 0 saturated heterocycles. The number of benzene rings is 2. The summed E-state index contributed by atoms with van der Waals surface area (Å²) in [5.41, 5.74) is 10.6. The van der Waals surface area contributed by atoms with Gasteiger partial charge in [0.05, 0.1) is 23.3 Å². The van der Waals surface area contributed by atoms with Gasteiger partial charge in [0, 0.05) is 35.1 Å². The quantitative estimate of drug-likeness (QED) is 0.344. The highest BCUT2D eigenvalue weighted by molar-refractivity contribution is 5.87. The Morgan fingerprint density at radius 2 is 1.82 bits per heavy atom. The Labute approximate surface area is 193 Å². The molecule has 0 aliphatic heterocycles. The third-order valence-corrected chi connectivity index (χ3v) is 6.58. The Kier molecular flexibility index (Phi) is 5.82. The van der Waals surface area contributed by atoms with Gasteiger partial charge >= 0.3 is 0 Å². The number of amides is 1. The highest BCUT2D eigenvalue weighted by Gasteiger charge is 2.20. The summed E-state index contributed by atoms with van der Waals surface area (Å²) in [6.45, 7) is 4.63. The smallest absolute Gasteiger partial charge is 0.241 e. The molecular weight excluding hydrogens is 410 g/mol. The number of hydrogen-bond acceptors (Lipinski definition) is 3. The minimum absolute atomic E-state index is 0.0839. The van der Waals surface area contributed by atoms with Gasteiger partial charge in [-0.3, -0.25) is 4.79 Å². The van der Waals surface area contributed by atoms with E-state index in [4.69, 9.17) is 0 Å². The maximum Gasteiger partial charge on any atom is 0.241 e. The number of nitrogens with zero attached hydrogens (tertiary/aromatic N) is 4. The lowest BCUT2D eigenvalue weighted by atomic mass is 9.95. The zero-order valence-electron chi connectivity index (χ0n) is 19.2. The van der Waals surface area contributed by atoms with E-state index in [1.165, 1.54) is 35.0 Å². The van der Waals surface area contributed by atoms with Gasteiger partial charge in [-0.2, -0.15) is 10.2 Å². The van der Waals surface area contributed by atoms with Crippen LogP contribution in [0.1, 0.15) is 47.5 Å². The Hall–Kier alpha value is -3.67. The molecule has 4 aromatic rings. The molecule has 0 fully saturated rings. The second kappa shape index (κ2) is 9.06. The Balaban J connectivity index is 1.27. The molecule has 1 aliphatic carbocycles.